The lowest BCUT2D eigenvalue weighted by Crippen LogP contribution is -2.34. The maximum absolute atomic E-state index is 5.50. The average Bonchev–Trinajstić information content (AvgIpc) is 3.13. The van der Waals surface area contributed by atoms with Gasteiger partial charge in [0, 0.05) is 20.6 Å². The predicted octanol–water partition coefficient (Wildman–Crippen LogP) is 1.42. The standard InChI is InChI=1S/C15H24N6O2/c1-11-16-14(20(2)18-11)10-21-8-5-4-6-12(21)15-17-13(19-23-15)7-9-22-3/h12H,4-10H2,1-3H3. The number of methoxy groups -OCH3 is 1. The smallest absolute Gasteiger partial charge is 0.244 e. The molecule has 1 atom stereocenters. The topological polar surface area (TPSA) is 82.1 Å². The molecule has 3 rings (SSSR count). The molecule has 0 N–H and O–H groups in total. The van der Waals surface area contributed by atoms with Gasteiger partial charge in [-0.25, -0.2) is 4.98 Å². The minimum Gasteiger partial charge on any atom is -0.384 e. The first-order chi connectivity index (χ1) is 11.2. The van der Waals surface area contributed by atoms with Gasteiger partial charge in [0.25, 0.3) is 0 Å². The van der Waals surface area contributed by atoms with Gasteiger partial charge in [-0.05, 0) is 26.3 Å². The van der Waals surface area contributed by atoms with E-state index in [-0.39, 0.29) is 6.04 Å². The van der Waals surface area contributed by atoms with E-state index >= 15 is 0 Å². The van der Waals surface area contributed by atoms with Crippen LogP contribution in [0.3, 0.4) is 0 Å². The van der Waals surface area contributed by atoms with Crippen molar-refractivity contribution >= 4 is 0 Å². The summed E-state index contributed by atoms with van der Waals surface area (Å²) in [6.07, 6.45) is 4.06. The molecule has 2 aromatic rings. The van der Waals surface area contributed by atoms with Crippen molar-refractivity contribution < 1.29 is 9.26 Å². The maximum Gasteiger partial charge on any atom is 0.244 e. The third-order valence-electron chi connectivity index (χ3n) is 4.22. The summed E-state index contributed by atoms with van der Waals surface area (Å²) in [4.78, 5) is 11.4. The van der Waals surface area contributed by atoms with Crippen LogP contribution in [0.2, 0.25) is 0 Å². The Morgan fingerprint density at radius 3 is 2.91 bits per heavy atom. The van der Waals surface area contributed by atoms with Crippen LogP contribution < -0.4 is 0 Å². The molecule has 126 valence electrons. The van der Waals surface area contributed by atoms with Crippen LogP contribution in [-0.2, 0) is 24.8 Å². The minimum atomic E-state index is 0.157. The monoisotopic (exact) mass is 320 g/mol. The fourth-order valence-corrected chi connectivity index (χ4v) is 3.03. The highest BCUT2D eigenvalue weighted by atomic mass is 16.5. The first-order valence-electron chi connectivity index (χ1n) is 8.09. The van der Waals surface area contributed by atoms with Crippen molar-refractivity contribution in [3.05, 3.63) is 23.4 Å². The highest BCUT2D eigenvalue weighted by molar-refractivity contribution is 4.98. The molecule has 1 saturated heterocycles. The third-order valence-corrected chi connectivity index (χ3v) is 4.22. The summed E-state index contributed by atoms with van der Waals surface area (Å²) >= 11 is 0. The van der Waals surface area contributed by atoms with E-state index in [1.54, 1.807) is 7.11 Å². The number of nitrogens with zero attached hydrogens (tertiary/aromatic N) is 6. The van der Waals surface area contributed by atoms with Crippen molar-refractivity contribution in [2.75, 3.05) is 20.3 Å². The largest absolute Gasteiger partial charge is 0.384 e. The summed E-state index contributed by atoms with van der Waals surface area (Å²) < 4.78 is 12.4. The summed E-state index contributed by atoms with van der Waals surface area (Å²) in [5, 5.41) is 8.39. The van der Waals surface area contributed by atoms with Crippen LogP contribution in [0, 0.1) is 6.92 Å². The fourth-order valence-electron chi connectivity index (χ4n) is 3.03. The molecule has 0 aliphatic carbocycles. The Hall–Kier alpha value is -1.80. The Bertz CT molecular complexity index is 638. The normalized spacial score (nSPS) is 19.3. The van der Waals surface area contributed by atoms with Crippen molar-refractivity contribution in [3.8, 4) is 0 Å². The van der Waals surface area contributed by atoms with Gasteiger partial charge in [-0.3, -0.25) is 9.58 Å². The quantitative estimate of drug-likeness (QED) is 0.796. The number of ether oxygens (including phenoxy) is 1. The van der Waals surface area contributed by atoms with Crippen LogP contribution in [0.5, 0.6) is 0 Å². The van der Waals surface area contributed by atoms with Crippen molar-refractivity contribution in [1.82, 2.24) is 29.8 Å². The lowest BCUT2D eigenvalue weighted by molar-refractivity contribution is 0.107. The molecule has 3 heterocycles. The lowest BCUT2D eigenvalue weighted by atomic mass is 10.0. The molecule has 1 fully saturated rings. The number of aromatic nitrogens is 5. The average molecular weight is 320 g/mol. The first-order valence-corrected chi connectivity index (χ1v) is 8.09. The van der Waals surface area contributed by atoms with Crippen LogP contribution in [0.4, 0.5) is 0 Å². The molecular formula is C15H24N6O2. The van der Waals surface area contributed by atoms with E-state index in [1.807, 2.05) is 18.7 Å². The minimum absolute atomic E-state index is 0.157. The molecule has 0 saturated carbocycles. The Labute approximate surface area is 135 Å². The van der Waals surface area contributed by atoms with E-state index in [2.05, 4.69) is 25.1 Å². The van der Waals surface area contributed by atoms with Gasteiger partial charge in [0.05, 0.1) is 19.2 Å². The van der Waals surface area contributed by atoms with Gasteiger partial charge in [0.1, 0.15) is 11.6 Å². The molecule has 23 heavy (non-hydrogen) atoms. The zero-order valence-electron chi connectivity index (χ0n) is 14.0. The van der Waals surface area contributed by atoms with Crippen molar-refractivity contribution in [2.24, 2.45) is 7.05 Å². The van der Waals surface area contributed by atoms with Crippen LogP contribution in [0.15, 0.2) is 4.52 Å². The third kappa shape index (κ3) is 3.76. The van der Waals surface area contributed by atoms with E-state index in [0.29, 0.717) is 24.7 Å². The van der Waals surface area contributed by atoms with Crippen molar-refractivity contribution in [2.45, 2.75) is 45.2 Å². The Morgan fingerprint density at radius 1 is 1.30 bits per heavy atom. The van der Waals surface area contributed by atoms with Crippen molar-refractivity contribution in [3.63, 3.8) is 0 Å². The molecule has 0 radical (unpaired) electrons. The van der Waals surface area contributed by atoms with E-state index in [0.717, 1.165) is 31.2 Å². The molecule has 0 spiro atoms. The number of likely N-dealkylation sites (tertiary alicyclic amines) is 1. The second-order valence-corrected chi connectivity index (χ2v) is 5.97. The molecule has 1 aliphatic rings. The predicted molar refractivity (Wildman–Crippen MR) is 82.6 cm³/mol. The molecule has 0 bridgehead atoms. The maximum atomic E-state index is 5.50. The number of rotatable bonds is 6. The molecule has 0 amide bonds. The van der Waals surface area contributed by atoms with Crippen LogP contribution in [0.1, 0.15) is 48.7 Å². The van der Waals surface area contributed by atoms with Crippen LogP contribution in [0.25, 0.3) is 0 Å². The number of hydrogen-bond donors (Lipinski definition) is 0. The van der Waals surface area contributed by atoms with E-state index in [1.165, 1.54) is 12.8 Å². The van der Waals surface area contributed by atoms with Crippen molar-refractivity contribution in [1.29, 1.82) is 0 Å². The second kappa shape index (κ2) is 7.18. The number of aryl methyl sites for hydroxylation is 2. The van der Waals surface area contributed by atoms with Gasteiger partial charge in [-0.2, -0.15) is 10.1 Å². The Morgan fingerprint density at radius 2 is 2.17 bits per heavy atom. The fraction of sp³-hybridized carbons (Fsp3) is 0.733. The zero-order valence-corrected chi connectivity index (χ0v) is 14.0. The summed E-state index contributed by atoms with van der Waals surface area (Å²) in [5.41, 5.74) is 0. The van der Waals surface area contributed by atoms with Crippen LogP contribution >= 0.6 is 0 Å². The van der Waals surface area contributed by atoms with Gasteiger partial charge >= 0.3 is 0 Å². The Balaban J connectivity index is 1.73. The summed E-state index contributed by atoms with van der Waals surface area (Å²) in [5.74, 6) is 3.18. The highest BCUT2D eigenvalue weighted by Gasteiger charge is 2.29. The Kier molecular flexibility index (Phi) is 5.02. The first kappa shape index (κ1) is 16.1. The van der Waals surface area contributed by atoms with E-state index in [9.17, 15) is 0 Å². The van der Waals surface area contributed by atoms with Gasteiger partial charge in [0.15, 0.2) is 5.82 Å². The molecular weight excluding hydrogens is 296 g/mol. The number of hydrogen-bond acceptors (Lipinski definition) is 7. The molecule has 1 aliphatic heterocycles. The molecule has 2 aromatic heterocycles. The molecule has 8 nitrogen and oxygen atoms in total. The molecule has 0 aromatic carbocycles. The van der Waals surface area contributed by atoms with Gasteiger partial charge in [-0.1, -0.05) is 11.6 Å². The summed E-state index contributed by atoms with van der Waals surface area (Å²) in [7, 11) is 3.61. The van der Waals surface area contributed by atoms with E-state index < -0.39 is 0 Å². The molecule has 8 heteroatoms. The zero-order chi connectivity index (χ0) is 16.2. The number of piperidine rings is 1. The summed E-state index contributed by atoms with van der Waals surface area (Å²) in [6, 6.07) is 0.157. The van der Waals surface area contributed by atoms with E-state index in [4.69, 9.17) is 9.26 Å². The van der Waals surface area contributed by atoms with Gasteiger partial charge < -0.3 is 9.26 Å². The summed E-state index contributed by atoms with van der Waals surface area (Å²) in [6.45, 7) is 4.27. The lowest BCUT2D eigenvalue weighted by Gasteiger charge is -2.32. The van der Waals surface area contributed by atoms with Crippen LogP contribution in [-0.4, -0.2) is 50.1 Å². The SMILES string of the molecule is COCCc1noc(C2CCCCN2Cc2nc(C)nn2C)n1. The van der Waals surface area contributed by atoms with Gasteiger partial charge in [-0.15, -0.1) is 0 Å². The second-order valence-electron chi connectivity index (χ2n) is 5.97. The van der Waals surface area contributed by atoms with Gasteiger partial charge in [0.2, 0.25) is 5.89 Å². The molecule has 1 unspecified atom stereocenters. The highest BCUT2D eigenvalue weighted by Crippen LogP contribution is 2.30.